The van der Waals surface area contributed by atoms with Gasteiger partial charge in [-0.25, -0.2) is 4.98 Å². The molecule has 20 heavy (non-hydrogen) atoms. The van der Waals surface area contributed by atoms with Gasteiger partial charge < -0.3 is 15.4 Å². The van der Waals surface area contributed by atoms with E-state index in [0.717, 1.165) is 0 Å². The van der Waals surface area contributed by atoms with Gasteiger partial charge in [-0.15, -0.1) is 0 Å². The summed E-state index contributed by atoms with van der Waals surface area (Å²) < 4.78 is 5.38. The summed E-state index contributed by atoms with van der Waals surface area (Å²) in [5.74, 6) is -0.158. The first kappa shape index (κ1) is 14.3. The highest BCUT2D eigenvalue weighted by atomic mass is 16.5. The van der Waals surface area contributed by atoms with Gasteiger partial charge in [-0.05, 0) is 31.9 Å². The topological polar surface area (TPSA) is 85.5 Å². The van der Waals surface area contributed by atoms with E-state index in [2.05, 4.69) is 4.98 Å². The van der Waals surface area contributed by atoms with Crippen LogP contribution in [0.5, 0.6) is 5.88 Å². The molecular weight excluding hydrogens is 258 g/mol. The van der Waals surface area contributed by atoms with E-state index in [4.69, 9.17) is 10.5 Å². The molecular formula is C14H19N3O3. The molecule has 0 atom stereocenters. The lowest BCUT2D eigenvalue weighted by Gasteiger charge is -2.30. The number of primary amides is 1. The Morgan fingerprint density at radius 3 is 2.75 bits per heavy atom. The summed E-state index contributed by atoms with van der Waals surface area (Å²) in [6, 6.07) is 3.42. The lowest BCUT2D eigenvalue weighted by Crippen LogP contribution is -2.41. The number of piperidine rings is 1. The Balaban J connectivity index is 2.07. The largest absolute Gasteiger partial charge is 0.477 e. The highest BCUT2D eigenvalue weighted by molar-refractivity contribution is 5.96. The fraction of sp³-hybridized carbons (Fsp3) is 0.500. The van der Waals surface area contributed by atoms with E-state index in [1.165, 1.54) is 0 Å². The average molecular weight is 277 g/mol. The van der Waals surface area contributed by atoms with Crippen molar-refractivity contribution in [1.29, 1.82) is 0 Å². The highest BCUT2D eigenvalue weighted by Gasteiger charge is 2.27. The third kappa shape index (κ3) is 3.07. The minimum atomic E-state index is -0.284. The van der Waals surface area contributed by atoms with Gasteiger partial charge in [0.1, 0.15) is 5.56 Å². The number of hydrogen-bond donors (Lipinski definition) is 1. The third-order valence-corrected chi connectivity index (χ3v) is 3.47. The summed E-state index contributed by atoms with van der Waals surface area (Å²) in [6.07, 6.45) is 2.83. The lowest BCUT2D eigenvalue weighted by atomic mass is 9.96. The second kappa shape index (κ2) is 6.36. The van der Waals surface area contributed by atoms with Crippen molar-refractivity contribution >= 4 is 11.8 Å². The first-order valence-electron chi connectivity index (χ1n) is 6.80. The van der Waals surface area contributed by atoms with Gasteiger partial charge in [0.25, 0.3) is 5.91 Å². The Kier molecular flexibility index (Phi) is 4.55. The molecule has 0 spiro atoms. The zero-order valence-electron chi connectivity index (χ0n) is 11.5. The first-order chi connectivity index (χ1) is 9.63. The number of amides is 2. The van der Waals surface area contributed by atoms with Crippen LogP contribution in [-0.2, 0) is 4.79 Å². The number of nitrogens with zero attached hydrogens (tertiary/aromatic N) is 2. The molecule has 108 valence electrons. The van der Waals surface area contributed by atoms with Crippen molar-refractivity contribution in [3.8, 4) is 5.88 Å². The van der Waals surface area contributed by atoms with Gasteiger partial charge in [0.05, 0.1) is 6.61 Å². The summed E-state index contributed by atoms with van der Waals surface area (Å²) in [5.41, 5.74) is 5.76. The zero-order chi connectivity index (χ0) is 14.5. The van der Waals surface area contributed by atoms with E-state index < -0.39 is 0 Å². The molecule has 2 rings (SSSR count). The quantitative estimate of drug-likeness (QED) is 0.882. The van der Waals surface area contributed by atoms with Crippen LogP contribution < -0.4 is 10.5 Å². The van der Waals surface area contributed by atoms with Crippen LogP contribution in [0.4, 0.5) is 0 Å². The molecule has 1 saturated heterocycles. The summed E-state index contributed by atoms with van der Waals surface area (Å²) in [4.78, 5) is 29.4. The number of carbonyl (C=O) groups excluding carboxylic acids is 2. The Hall–Kier alpha value is -2.11. The second-order valence-corrected chi connectivity index (χ2v) is 4.76. The van der Waals surface area contributed by atoms with Gasteiger partial charge in [0.2, 0.25) is 11.8 Å². The Morgan fingerprint density at radius 2 is 2.15 bits per heavy atom. The maximum atomic E-state index is 12.5. The van der Waals surface area contributed by atoms with E-state index in [0.29, 0.717) is 44.0 Å². The molecule has 1 aliphatic heterocycles. The van der Waals surface area contributed by atoms with Crippen molar-refractivity contribution in [2.24, 2.45) is 11.7 Å². The Morgan fingerprint density at radius 1 is 1.45 bits per heavy atom. The zero-order valence-corrected chi connectivity index (χ0v) is 11.5. The van der Waals surface area contributed by atoms with Crippen molar-refractivity contribution in [2.75, 3.05) is 19.7 Å². The molecule has 1 fully saturated rings. The van der Waals surface area contributed by atoms with E-state index >= 15 is 0 Å². The molecule has 0 aliphatic carbocycles. The summed E-state index contributed by atoms with van der Waals surface area (Å²) in [5, 5.41) is 0. The van der Waals surface area contributed by atoms with Crippen molar-refractivity contribution in [2.45, 2.75) is 19.8 Å². The maximum absolute atomic E-state index is 12.5. The monoisotopic (exact) mass is 277 g/mol. The molecule has 6 nitrogen and oxygen atoms in total. The molecule has 1 aromatic heterocycles. The van der Waals surface area contributed by atoms with Crippen LogP contribution in [0.15, 0.2) is 18.3 Å². The van der Waals surface area contributed by atoms with Gasteiger partial charge in [0.15, 0.2) is 0 Å². The maximum Gasteiger partial charge on any atom is 0.259 e. The van der Waals surface area contributed by atoms with Gasteiger partial charge >= 0.3 is 0 Å². The second-order valence-electron chi connectivity index (χ2n) is 4.76. The van der Waals surface area contributed by atoms with Crippen LogP contribution in [0.3, 0.4) is 0 Å². The molecule has 0 saturated carbocycles. The molecule has 0 radical (unpaired) electrons. The van der Waals surface area contributed by atoms with Crippen LogP contribution in [0.2, 0.25) is 0 Å². The number of likely N-dealkylation sites (tertiary alicyclic amines) is 1. The fourth-order valence-electron chi connectivity index (χ4n) is 2.34. The molecule has 0 unspecified atom stereocenters. The molecule has 1 aromatic rings. The van der Waals surface area contributed by atoms with Crippen LogP contribution in [-0.4, -0.2) is 41.4 Å². The van der Waals surface area contributed by atoms with Crippen molar-refractivity contribution in [1.82, 2.24) is 9.88 Å². The number of pyridine rings is 1. The first-order valence-corrected chi connectivity index (χ1v) is 6.80. The Bertz CT molecular complexity index is 496. The van der Waals surface area contributed by atoms with E-state index in [1.54, 1.807) is 23.2 Å². The van der Waals surface area contributed by atoms with E-state index in [-0.39, 0.29) is 17.7 Å². The smallest absolute Gasteiger partial charge is 0.259 e. The van der Waals surface area contributed by atoms with E-state index in [9.17, 15) is 9.59 Å². The van der Waals surface area contributed by atoms with Gasteiger partial charge in [-0.1, -0.05) is 0 Å². The normalized spacial score (nSPS) is 15.9. The summed E-state index contributed by atoms with van der Waals surface area (Å²) in [6.45, 7) is 3.38. The van der Waals surface area contributed by atoms with Crippen LogP contribution in [0, 0.1) is 5.92 Å². The molecule has 0 bridgehead atoms. The van der Waals surface area contributed by atoms with Gasteiger partial charge in [-0.2, -0.15) is 0 Å². The molecule has 1 aliphatic rings. The molecule has 0 aromatic carbocycles. The minimum Gasteiger partial charge on any atom is -0.477 e. The van der Waals surface area contributed by atoms with Crippen molar-refractivity contribution in [3.63, 3.8) is 0 Å². The fourth-order valence-corrected chi connectivity index (χ4v) is 2.34. The molecule has 2 N–H and O–H groups in total. The van der Waals surface area contributed by atoms with Gasteiger partial charge in [-0.3, -0.25) is 9.59 Å². The molecule has 2 amide bonds. The minimum absolute atomic E-state index is 0.107. The highest BCUT2D eigenvalue weighted by Crippen LogP contribution is 2.22. The number of carbonyl (C=O) groups is 2. The number of aromatic nitrogens is 1. The van der Waals surface area contributed by atoms with Crippen LogP contribution >= 0.6 is 0 Å². The predicted octanol–water partition coefficient (Wildman–Crippen LogP) is 0.818. The van der Waals surface area contributed by atoms with Crippen LogP contribution in [0.1, 0.15) is 30.1 Å². The standard InChI is InChI=1S/C14H19N3O3/c1-2-20-13-11(4-3-7-16-13)14(19)17-8-5-10(6-9-17)12(15)18/h3-4,7,10H,2,5-6,8-9H2,1H3,(H2,15,18). The number of ether oxygens (including phenoxy) is 1. The average Bonchev–Trinajstić information content (AvgIpc) is 2.47. The third-order valence-electron chi connectivity index (χ3n) is 3.47. The predicted molar refractivity (Wildman–Crippen MR) is 73.2 cm³/mol. The van der Waals surface area contributed by atoms with E-state index in [1.807, 2.05) is 6.92 Å². The summed E-state index contributed by atoms with van der Waals surface area (Å²) in [7, 11) is 0. The SMILES string of the molecule is CCOc1ncccc1C(=O)N1CCC(C(N)=O)CC1. The van der Waals surface area contributed by atoms with Gasteiger partial charge in [0, 0.05) is 25.2 Å². The molecule has 2 heterocycles. The number of hydrogen-bond acceptors (Lipinski definition) is 4. The number of nitrogens with two attached hydrogens (primary N) is 1. The van der Waals surface area contributed by atoms with Crippen molar-refractivity contribution in [3.05, 3.63) is 23.9 Å². The number of rotatable bonds is 4. The lowest BCUT2D eigenvalue weighted by molar-refractivity contribution is -0.123. The van der Waals surface area contributed by atoms with Crippen LogP contribution in [0.25, 0.3) is 0 Å². The molecule has 6 heteroatoms. The van der Waals surface area contributed by atoms with Crippen molar-refractivity contribution < 1.29 is 14.3 Å². The summed E-state index contributed by atoms with van der Waals surface area (Å²) >= 11 is 0. The Labute approximate surface area is 117 Å².